The molecule has 0 atom stereocenters. The van der Waals surface area contributed by atoms with Gasteiger partial charge >= 0.3 is 0 Å². The number of nitrogens with zero attached hydrogens (tertiary/aromatic N) is 3. The average Bonchev–Trinajstić information content (AvgIpc) is 2.76. The summed E-state index contributed by atoms with van der Waals surface area (Å²) in [6.45, 7) is 3.29. The molecule has 1 aliphatic rings. The molecule has 1 heterocycles. The molecular formula is C13H23N3O2. The Kier molecular flexibility index (Phi) is 4.35. The fourth-order valence-corrected chi connectivity index (χ4v) is 2.66. The molecule has 0 unspecified atom stereocenters. The fraction of sp³-hybridized carbons (Fsp3) is 0.846. The number of likely N-dealkylation sites (N-methyl/N-ethyl adjacent to an activating group) is 1. The maximum Gasteiger partial charge on any atom is 0.240 e. The van der Waals surface area contributed by atoms with Crippen LogP contribution in [0.2, 0.25) is 0 Å². The van der Waals surface area contributed by atoms with E-state index in [1.165, 1.54) is 6.42 Å². The van der Waals surface area contributed by atoms with Crippen molar-refractivity contribution < 1.29 is 9.63 Å². The molecule has 5 nitrogen and oxygen atoms in total. The largest absolute Gasteiger partial charge is 0.389 e. The summed E-state index contributed by atoms with van der Waals surface area (Å²) in [5.41, 5.74) is -0.527. The van der Waals surface area contributed by atoms with Gasteiger partial charge in [-0.2, -0.15) is 4.98 Å². The minimum atomic E-state index is -0.527. The average molecular weight is 253 g/mol. The number of aliphatic hydroxyl groups is 1. The van der Waals surface area contributed by atoms with E-state index in [9.17, 15) is 5.11 Å². The summed E-state index contributed by atoms with van der Waals surface area (Å²) in [5, 5.41) is 14.3. The smallest absolute Gasteiger partial charge is 0.240 e. The number of aromatic nitrogens is 2. The van der Waals surface area contributed by atoms with E-state index >= 15 is 0 Å². The molecule has 102 valence electrons. The molecule has 1 saturated carbocycles. The van der Waals surface area contributed by atoms with E-state index in [4.69, 9.17) is 4.52 Å². The van der Waals surface area contributed by atoms with Crippen LogP contribution in [0.3, 0.4) is 0 Å². The van der Waals surface area contributed by atoms with Gasteiger partial charge in [0.2, 0.25) is 5.89 Å². The first kappa shape index (κ1) is 13.5. The Morgan fingerprint density at radius 1 is 1.33 bits per heavy atom. The lowest BCUT2D eigenvalue weighted by Gasteiger charge is -2.35. The second-order valence-electron chi connectivity index (χ2n) is 5.42. The third-order valence-electron chi connectivity index (χ3n) is 3.58. The molecule has 0 aliphatic heterocycles. The van der Waals surface area contributed by atoms with Crippen LogP contribution in [0.1, 0.15) is 50.7 Å². The van der Waals surface area contributed by atoms with E-state index in [1.54, 1.807) is 0 Å². The molecule has 0 bridgehead atoms. The molecule has 1 fully saturated rings. The predicted molar refractivity (Wildman–Crippen MR) is 68.0 cm³/mol. The highest BCUT2D eigenvalue weighted by molar-refractivity contribution is 4.88. The van der Waals surface area contributed by atoms with E-state index in [1.807, 2.05) is 14.0 Å². The van der Waals surface area contributed by atoms with E-state index in [-0.39, 0.29) is 0 Å². The highest BCUT2D eigenvalue weighted by Crippen LogP contribution is 2.28. The second-order valence-corrected chi connectivity index (χ2v) is 5.42. The van der Waals surface area contributed by atoms with Gasteiger partial charge in [-0.05, 0) is 19.9 Å². The first-order valence-electron chi connectivity index (χ1n) is 6.84. The van der Waals surface area contributed by atoms with Crippen molar-refractivity contribution in [2.24, 2.45) is 0 Å². The Labute approximate surface area is 108 Å². The molecule has 1 aromatic heterocycles. The Morgan fingerprint density at radius 2 is 2.06 bits per heavy atom. The molecule has 1 N–H and O–H groups in total. The van der Waals surface area contributed by atoms with Crippen LogP contribution in [-0.2, 0) is 13.0 Å². The van der Waals surface area contributed by atoms with Crippen molar-refractivity contribution >= 4 is 0 Å². The van der Waals surface area contributed by atoms with Crippen molar-refractivity contribution in [3.05, 3.63) is 11.7 Å². The first-order valence-corrected chi connectivity index (χ1v) is 6.84. The Balaban J connectivity index is 1.85. The van der Waals surface area contributed by atoms with Gasteiger partial charge in [-0.25, -0.2) is 0 Å². The third kappa shape index (κ3) is 3.53. The lowest BCUT2D eigenvalue weighted by Crippen LogP contribution is -2.42. The van der Waals surface area contributed by atoms with E-state index in [0.717, 1.165) is 37.9 Å². The zero-order valence-electron chi connectivity index (χ0n) is 11.4. The third-order valence-corrected chi connectivity index (χ3v) is 3.58. The van der Waals surface area contributed by atoms with E-state index in [0.29, 0.717) is 19.0 Å². The van der Waals surface area contributed by atoms with Crippen LogP contribution in [0.5, 0.6) is 0 Å². The van der Waals surface area contributed by atoms with Gasteiger partial charge in [0.1, 0.15) is 0 Å². The summed E-state index contributed by atoms with van der Waals surface area (Å²) in [6.07, 6.45) is 6.10. The molecule has 1 aliphatic carbocycles. The molecular weight excluding hydrogens is 230 g/mol. The summed E-state index contributed by atoms with van der Waals surface area (Å²) in [4.78, 5) is 6.35. The van der Waals surface area contributed by atoms with Crippen molar-refractivity contribution in [3.8, 4) is 0 Å². The van der Waals surface area contributed by atoms with Crippen molar-refractivity contribution in [2.75, 3.05) is 13.6 Å². The van der Waals surface area contributed by atoms with Gasteiger partial charge in [-0.1, -0.05) is 31.3 Å². The van der Waals surface area contributed by atoms with E-state index < -0.39 is 5.60 Å². The van der Waals surface area contributed by atoms with Crippen LogP contribution < -0.4 is 0 Å². The van der Waals surface area contributed by atoms with E-state index in [2.05, 4.69) is 15.0 Å². The van der Waals surface area contributed by atoms with Crippen molar-refractivity contribution in [1.29, 1.82) is 0 Å². The molecule has 0 saturated heterocycles. The quantitative estimate of drug-likeness (QED) is 0.866. The summed E-state index contributed by atoms with van der Waals surface area (Å²) in [6, 6.07) is 0. The summed E-state index contributed by atoms with van der Waals surface area (Å²) in [5.74, 6) is 1.38. The zero-order valence-corrected chi connectivity index (χ0v) is 11.4. The molecule has 0 amide bonds. The van der Waals surface area contributed by atoms with Gasteiger partial charge < -0.3 is 9.63 Å². The summed E-state index contributed by atoms with van der Waals surface area (Å²) >= 11 is 0. The molecule has 0 aromatic carbocycles. The predicted octanol–water partition coefficient (Wildman–Crippen LogP) is 1.76. The minimum Gasteiger partial charge on any atom is -0.389 e. The van der Waals surface area contributed by atoms with Gasteiger partial charge in [0.05, 0.1) is 12.1 Å². The van der Waals surface area contributed by atoms with Gasteiger partial charge in [0.25, 0.3) is 0 Å². The molecule has 0 radical (unpaired) electrons. The minimum absolute atomic E-state index is 0.527. The molecule has 5 heteroatoms. The Bertz CT molecular complexity index is 372. The topological polar surface area (TPSA) is 62.4 Å². The van der Waals surface area contributed by atoms with Crippen LogP contribution in [0.25, 0.3) is 0 Å². The normalized spacial score (nSPS) is 19.3. The van der Waals surface area contributed by atoms with Crippen molar-refractivity contribution in [1.82, 2.24) is 15.0 Å². The maximum atomic E-state index is 10.5. The summed E-state index contributed by atoms with van der Waals surface area (Å²) < 4.78 is 5.16. The number of rotatable bonds is 5. The SMILES string of the molecule is CCc1noc(CN(C)CC2(O)CCCCC2)n1. The van der Waals surface area contributed by atoms with Crippen LogP contribution in [0, 0.1) is 0 Å². The second kappa shape index (κ2) is 5.80. The molecule has 2 rings (SSSR count). The summed E-state index contributed by atoms with van der Waals surface area (Å²) in [7, 11) is 1.99. The van der Waals surface area contributed by atoms with Crippen LogP contribution in [-0.4, -0.2) is 39.3 Å². The lowest BCUT2D eigenvalue weighted by molar-refractivity contribution is -0.0238. The molecule has 18 heavy (non-hydrogen) atoms. The van der Waals surface area contributed by atoms with Crippen LogP contribution in [0.15, 0.2) is 4.52 Å². The van der Waals surface area contributed by atoms with Crippen molar-refractivity contribution in [3.63, 3.8) is 0 Å². The lowest BCUT2D eigenvalue weighted by atomic mass is 9.84. The molecule has 0 spiro atoms. The van der Waals surface area contributed by atoms with Gasteiger partial charge in [-0.3, -0.25) is 4.90 Å². The van der Waals surface area contributed by atoms with Crippen molar-refractivity contribution in [2.45, 2.75) is 57.6 Å². The monoisotopic (exact) mass is 253 g/mol. The number of aryl methyl sites for hydroxylation is 1. The first-order chi connectivity index (χ1) is 8.61. The Hall–Kier alpha value is -0.940. The Morgan fingerprint density at radius 3 is 2.67 bits per heavy atom. The van der Waals surface area contributed by atoms with Gasteiger partial charge in [-0.15, -0.1) is 0 Å². The number of hydrogen-bond donors (Lipinski definition) is 1. The maximum absolute atomic E-state index is 10.5. The highest BCUT2D eigenvalue weighted by Gasteiger charge is 2.30. The fourth-order valence-electron chi connectivity index (χ4n) is 2.66. The van der Waals surface area contributed by atoms with Crippen LogP contribution in [0.4, 0.5) is 0 Å². The zero-order chi connectivity index (χ0) is 13.0. The molecule has 1 aromatic rings. The van der Waals surface area contributed by atoms with Crippen LogP contribution >= 0.6 is 0 Å². The highest BCUT2D eigenvalue weighted by atomic mass is 16.5. The van der Waals surface area contributed by atoms with Gasteiger partial charge in [0.15, 0.2) is 5.82 Å². The van der Waals surface area contributed by atoms with Gasteiger partial charge in [0, 0.05) is 13.0 Å². The number of hydrogen-bond acceptors (Lipinski definition) is 5. The standard InChI is InChI=1S/C13H23N3O2/c1-3-11-14-12(18-15-11)9-16(2)10-13(17)7-5-4-6-8-13/h17H,3-10H2,1-2H3.